The van der Waals surface area contributed by atoms with Crippen molar-refractivity contribution < 1.29 is 53.7 Å². The zero-order valence-electron chi connectivity index (χ0n) is 22.0. The van der Waals surface area contributed by atoms with Crippen LogP contribution in [0.1, 0.15) is 27.0 Å². The molecule has 0 spiro atoms. The van der Waals surface area contributed by atoms with Crippen LogP contribution in [0.5, 0.6) is 11.5 Å². The fourth-order valence-electron chi connectivity index (χ4n) is 4.20. The molecule has 0 fully saturated rings. The van der Waals surface area contributed by atoms with Gasteiger partial charge in [0, 0.05) is 23.1 Å². The monoisotopic (exact) mass is 558 g/mol. The Bertz CT molecular complexity index is 1650. The molecule has 0 aliphatic heterocycles. The number of carboxylic acids is 1. The third-order valence-electron chi connectivity index (χ3n) is 6.23. The molecule has 0 radical (unpaired) electrons. The minimum atomic E-state index is -1.45. The van der Waals surface area contributed by atoms with Crippen LogP contribution in [0.2, 0.25) is 0 Å². The predicted octanol–water partition coefficient (Wildman–Crippen LogP) is 1.91. The minimum Gasteiger partial charge on any atom is -0.545 e. The van der Waals surface area contributed by atoms with Gasteiger partial charge in [0.2, 0.25) is 0 Å². The molecule has 5 rings (SSSR count). The fraction of sp³-hybridized carbons (Fsp3) is 0.0968. The predicted molar refractivity (Wildman–Crippen MR) is 148 cm³/mol. The number of carbonyl (C=O) groups excluding carboxylic acids is 2. The molecule has 9 heteroatoms. The van der Waals surface area contributed by atoms with E-state index >= 15 is 0 Å². The van der Waals surface area contributed by atoms with Gasteiger partial charge in [-0.25, -0.2) is 0 Å². The number of ketones is 1. The number of fused-ring (bicyclic) bond motifs is 1. The van der Waals surface area contributed by atoms with E-state index in [0.717, 1.165) is 22.9 Å². The summed E-state index contributed by atoms with van der Waals surface area (Å²) in [6.45, 7) is 0.421. The minimum absolute atomic E-state index is 0. The Morgan fingerprint density at radius 1 is 0.775 bits per heavy atom. The third-order valence-corrected chi connectivity index (χ3v) is 6.78. The van der Waals surface area contributed by atoms with Gasteiger partial charge in [-0.05, 0) is 65.2 Å². The fourth-order valence-corrected chi connectivity index (χ4v) is 4.72. The van der Waals surface area contributed by atoms with Crippen molar-refractivity contribution in [2.24, 2.45) is 0 Å². The molecule has 5 aromatic rings. The molecule has 0 atom stereocenters. The van der Waals surface area contributed by atoms with E-state index in [1.165, 1.54) is 7.11 Å². The van der Waals surface area contributed by atoms with E-state index in [0.29, 0.717) is 40.3 Å². The van der Waals surface area contributed by atoms with Gasteiger partial charge in [0.15, 0.2) is 5.78 Å². The van der Waals surface area contributed by atoms with Crippen LogP contribution in [0.4, 0.5) is 0 Å². The molecule has 0 aliphatic rings. The van der Waals surface area contributed by atoms with E-state index in [-0.39, 0.29) is 47.1 Å². The first kappa shape index (κ1) is 29.2. The van der Waals surface area contributed by atoms with Gasteiger partial charge in [-0.1, -0.05) is 48.5 Å². The molecule has 0 N–H and O–H groups in total. The van der Waals surface area contributed by atoms with Crippen molar-refractivity contribution in [1.82, 2.24) is 8.75 Å². The van der Waals surface area contributed by atoms with Crippen LogP contribution >= 0.6 is 11.7 Å². The van der Waals surface area contributed by atoms with Crippen LogP contribution in [0, 0.1) is 0 Å². The zero-order chi connectivity index (χ0) is 27.2. The van der Waals surface area contributed by atoms with Crippen molar-refractivity contribution in [3.05, 3.63) is 125 Å². The standard InChI is InChI=1S/C31H24N2O5S.Na/c1-37-24-14-9-22(10-15-24)30(34)26(29(31(35)36)23-11-16-27-28(18-23)33-39-32-27)17-20-7-12-25(13-8-20)38-19-21-5-3-2-4-6-21;/h2-16,18H,17,19H2,1H3,(H,35,36);/q;+1/p-1. The number of ether oxygens (including phenoxy) is 2. The van der Waals surface area contributed by atoms with E-state index in [4.69, 9.17) is 9.47 Å². The zero-order valence-corrected chi connectivity index (χ0v) is 24.8. The number of carbonyl (C=O) groups is 2. The van der Waals surface area contributed by atoms with E-state index < -0.39 is 11.8 Å². The number of aliphatic carboxylic acids is 1. The summed E-state index contributed by atoms with van der Waals surface area (Å²) < 4.78 is 19.5. The van der Waals surface area contributed by atoms with Crippen molar-refractivity contribution in [2.45, 2.75) is 13.0 Å². The molecule has 40 heavy (non-hydrogen) atoms. The summed E-state index contributed by atoms with van der Waals surface area (Å²) in [5.74, 6) is -0.615. The maximum absolute atomic E-state index is 13.8. The molecule has 7 nitrogen and oxygen atoms in total. The summed E-state index contributed by atoms with van der Waals surface area (Å²) >= 11 is 1.03. The van der Waals surface area contributed by atoms with Gasteiger partial charge < -0.3 is 19.4 Å². The third kappa shape index (κ3) is 6.84. The normalized spacial score (nSPS) is 11.3. The van der Waals surface area contributed by atoms with Crippen molar-refractivity contribution in [3.8, 4) is 11.5 Å². The average molecular weight is 559 g/mol. The van der Waals surface area contributed by atoms with Gasteiger partial charge in [-0.2, -0.15) is 8.75 Å². The number of rotatable bonds is 10. The van der Waals surface area contributed by atoms with E-state index in [1.54, 1.807) is 54.6 Å². The average Bonchev–Trinajstić information content (AvgIpc) is 3.45. The smallest absolute Gasteiger partial charge is 0.545 e. The van der Waals surface area contributed by atoms with Gasteiger partial charge in [-0.3, -0.25) is 4.79 Å². The number of hydrogen-bond donors (Lipinski definition) is 0. The molecule has 0 saturated heterocycles. The van der Waals surface area contributed by atoms with Crippen LogP contribution in [0.3, 0.4) is 0 Å². The van der Waals surface area contributed by atoms with Gasteiger partial charge in [-0.15, -0.1) is 0 Å². The maximum Gasteiger partial charge on any atom is 1.00 e. The Labute approximate surface area is 257 Å². The Balaban J connectivity index is 0.00000370. The SMILES string of the molecule is COc1ccc(C(=O)C(Cc2ccc(OCc3ccccc3)cc2)=C(C(=O)[O-])c2ccc3nsnc3c2)cc1.[Na+]. The Morgan fingerprint density at radius 2 is 1.43 bits per heavy atom. The first-order valence-electron chi connectivity index (χ1n) is 12.1. The molecule has 0 amide bonds. The van der Waals surface area contributed by atoms with Crippen LogP contribution in [0.15, 0.2) is 103 Å². The van der Waals surface area contributed by atoms with Crippen LogP contribution in [-0.4, -0.2) is 27.6 Å². The van der Waals surface area contributed by atoms with Crippen LogP contribution < -0.4 is 44.1 Å². The summed E-state index contributed by atoms with van der Waals surface area (Å²) in [5.41, 5.74) is 3.56. The summed E-state index contributed by atoms with van der Waals surface area (Å²) in [4.78, 5) is 26.3. The van der Waals surface area contributed by atoms with Crippen molar-refractivity contribution >= 4 is 40.1 Å². The molecule has 0 unspecified atom stereocenters. The molecule has 0 aliphatic carbocycles. The molecule has 1 heterocycles. The quantitative estimate of drug-likeness (QED) is 0.147. The summed E-state index contributed by atoms with van der Waals surface area (Å²) in [6.07, 6.45) is 0.0699. The van der Waals surface area contributed by atoms with Crippen molar-refractivity contribution in [3.63, 3.8) is 0 Å². The molecule has 0 bridgehead atoms. The number of aromatic nitrogens is 2. The first-order chi connectivity index (χ1) is 19.0. The van der Waals surface area contributed by atoms with E-state index in [9.17, 15) is 14.7 Å². The Kier molecular flexibility index (Phi) is 9.84. The second-order valence-electron chi connectivity index (χ2n) is 8.76. The second-order valence-corrected chi connectivity index (χ2v) is 9.29. The van der Waals surface area contributed by atoms with Crippen LogP contribution in [0.25, 0.3) is 16.6 Å². The molecule has 4 aromatic carbocycles. The van der Waals surface area contributed by atoms with Gasteiger partial charge in [0.05, 0.1) is 24.8 Å². The topological polar surface area (TPSA) is 101 Å². The number of methoxy groups -OCH3 is 1. The summed E-state index contributed by atoms with van der Waals surface area (Å²) in [5, 5.41) is 12.5. The Morgan fingerprint density at radius 3 is 2.10 bits per heavy atom. The molecular weight excluding hydrogens is 535 g/mol. The van der Waals surface area contributed by atoms with Gasteiger partial charge >= 0.3 is 29.6 Å². The number of carboxylic acid groups (broad SMARTS) is 1. The molecular formula is C31H23N2NaO5S. The Hall–Kier alpha value is -3.82. The number of Topliss-reactive ketones (excluding diaryl/α,β-unsaturated/α-hetero) is 1. The van der Waals surface area contributed by atoms with Crippen molar-refractivity contribution in [2.75, 3.05) is 7.11 Å². The number of allylic oxidation sites excluding steroid dienone is 1. The van der Waals surface area contributed by atoms with E-state index in [1.807, 2.05) is 42.5 Å². The molecule has 0 saturated carbocycles. The van der Waals surface area contributed by atoms with Gasteiger partial charge in [0.25, 0.3) is 0 Å². The molecule has 194 valence electrons. The number of benzene rings is 4. The largest absolute Gasteiger partial charge is 1.00 e. The second kappa shape index (κ2) is 13.5. The maximum atomic E-state index is 13.8. The van der Waals surface area contributed by atoms with Gasteiger partial charge in [0.1, 0.15) is 29.1 Å². The summed E-state index contributed by atoms with van der Waals surface area (Å²) in [7, 11) is 1.53. The van der Waals surface area contributed by atoms with Crippen LogP contribution in [-0.2, 0) is 17.8 Å². The summed E-state index contributed by atoms with van der Waals surface area (Å²) in [6, 6.07) is 28.5. The van der Waals surface area contributed by atoms with Crippen molar-refractivity contribution in [1.29, 1.82) is 0 Å². The number of nitrogens with zero attached hydrogens (tertiary/aromatic N) is 2. The first-order valence-corrected chi connectivity index (χ1v) is 12.9. The van der Waals surface area contributed by atoms with E-state index in [2.05, 4.69) is 8.75 Å². The molecule has 1 aromatic heterocycles. The number of hydrogen-bond acceptors (Lipinski definition) is 8.